The van der Waals surface area contributed by atoms with Gasteiger partial charge in [0.15, 0.2) is 12.4 Å². The molecule has 2 aromatic rings. The van der Waals surface area contributed by atoms with Crippen molar-refractivity contribution in [1.29, 1.82) is 0 Å². The highest BCUT2D eigenvalue weighted by Crippen LogP contribution is 2.20. The summed E-state index contributed by atoms with van der Waals surface area (Å²) >= 11 is 5.83. The molecule has 0 aliphatic heterocycles. The van der Waals surface area contributed by atoms with Gasteiger partial charge >= 0.3 is 17.9 Å². The van der Waals surface area contributed by atoms with Crippen LogP contribution in [0.5, 0.6) is 0 Å². The van der Waals surface area contributed by atoms with E-state index in [-0.39, 0.29) is 38.3 Å². The first kappa shape index (κ1) is 29.5. The van der Waals surface area contributed by atoms with E-state index in [0.717, 1.165) is 0 Å². The fourth-order valence-corrected chi connectivity index (χ4v) is 3.63. The van der Waals surface area contributed by atoms with Crippen molar-refractivity contribution in [3.05, 3.63) is 70.2 Å². The normalized spacial score (nSPS) is 10.8. The molecule has 1 amide bonds. The fourth-order valence-electron chi connectivity index (χ4n) is 3.50. The van der Waals surface area contributed by atoms with Crippen LogP contribution in [0.1, 0.15) is 48.7 Å². The molecule has 2 rings (SSSR count). The number of ether oxygens (including phenoxy) is 3. The molecule has 0 saturated heterocycles. The Morgan fingerprint density at radius 1 is 0.811 bits per heavy atom. The third kappa shape index (κ3) is 8.71. The number of halogens is 1. The summed E-state index contributed by atoms with van der Waals surface area (Å²) in [7, 11) is 0. The molecule has 198 valence electrons. The first-order valence-electron chi connectivity index (χ1n) is 11.8. The number of benzene rings is 2. The van der Waals surface area contributed by atoms with E-state index in [1.165, 1.54) is 6.92 Å². The van der Waals surface area contributed by atoms with Gasteiger partial charge < -0.3 is 19.5 Å². The van der Waals surface area contributed by atoms with Gasteiger partial charge in [-0.1, -0.05) is 48.0 Å². The molecular weight excluding hydrogens is 502 g/mol. The van der Waals surface area contributed by atoms with Crippen LogP contribution in [0.3, 0.4) is 0 Å². The molecule has 37 heavy (non-hydrogen) atoms. The summed E-state index contributed by atoms with van der Waals surface area (Å²) in [4.78, 5) is 61.7. The van der Waals surface area contributed by atoms with E-state index in [0.29, 0.717) is 21.7 Å². The van der Waals surface area contributed by atoms with Crippen LogP contribution in [-0.4, -0.2) is 55.0 Å². The zero-order chi connectivity index (χ0) is 27.4. The number of hydrogen-bond acceptors (Lipinski definition) is 8. The molecule has 0 saturated carbocycles. The van der Waals surface area contributed by atoms with E-state index in [2.05, 4.69) is 5.32 Å². The highest BCUT2D eigenvalue weighted by atomic mass is 35.5. The molecule has 0 aliphatic carbocycles. The predicted molar refractivity (Wildman–Crippen MR) is 135 cm³/mol. The van der Waals surface area contributed by atoms with Crippen molar-refractivity contribution in [2.24, 2.45) is 0 Å². The minimum atomic E-state index is -2.00. The van der Waals surface area contributed by atoms with Gasteiger partial charge in [-0.25, -0.2) is 9.59 Å². The number of carbonyl (C=O) groups is 5. The molecular formula is C27H30ClNO8. The average molecular weight is 532 g/mol. The summed E-state index contributed by atoms with van der Waals surface area (Å²) in [5.74, 6) is -3.33. The van der Waals surface area contributed by atoms with E-state index in [9.17, 15) is 24.0 Å². The molecule has 2 aromatic carbocycles. The number of esters is 3. The summed E-state index contributed by atoms with van der Waals surface area (Å²) in [6.07, 6.45) is 0.0999. The summed E-state index contributed by atoms with van der Waals surface area (Å²) in [6.45, 7) is 3.99. The first-order chi connectivity index (χ1) is 17.6. The Morgan fingerprint density at radius 3 is 1.86 bits per heavy atom. The Morgan fingerprint density at radius 2 is 1.35 bits per heavy atom. The molecule has 1 N–H and O–H groups in total. The molecule has 0 aromatic heterocycles. The Bertz CT molecular complexity index is 1090. The molecule has 0 fully saturated rings. The minimum absolute atomic E-state index is 0.0143. The largest absolute Gasteiger partial charge is 0.464 e. The maximum Gasteiger partial charge on any atom is 0.343 e. The molecule has 0 atom stereocenters. The molecule has 0 bridgehead atoms. The Kier molecular flexibility index (Phi) is 11.3. The predicted octanol–water partition coefficient (Wildman–Crippen LogP) is 3.24. The molecule has 0 heterocycles. The van der Waals surface area contributed by atoms with E-state index in [1.807, 2.05) is 0 Å². The molecule has 9 nitrogen and oxygen atoms in total. The first-order valence-corrected chi connectivity index (χ1v) is 12.1. The zero-order valence-electron chi connectivity index (χ0n) is 21.0. The van der Waals surface area contributed by atoms with Crippen molar-refractivity contribution in [2.45, 2.75) is 45.6 Å². The van der Waals surface area contributed by atoms with E-state index < -0.39 is 36.0 Å². The molecule has 0 radical (unpaired) electrons. The summed E-state index contributed by atoms with van der Waals surface area (Å²) in [5.41, 5.74) is -0.260. The topological polar surface area (TPSA) is 125 Å². The van der Waals surface area contributed by atoms with Gasteiger partial charge in [0.1, 0.15) is 0 Å². The van der Waals surface area contributed by atoms with Crippen molar-refractivity contribution < 1.29 is 38.2 Å². The molecule has 0 spiro atoms. The monoisotopic (exact) mass is 531 g/mol. The molecule has 0 aliphatic rings. The van der Waals surface area contributed by atoms with Crippen LogP contribution in [0.4, 0.5) is 0 Å². The van der Waals surface area contributed by atoms with Crippen LogP contribution in [-0.2, 0) is 46.2 Å². The zero-order valence-corrected chi connectivity index (χ0v) is 21.8. The fraction of sp³-hybridized carbons (Fsp3) is 0.370. The van der Waals surface area contributed by atoms with Gasteiger partial charge in [-0.2, -0.15) is 0 Å². The quantitative estimate of drug-likeness (QED) is 0.181. The van der Waals surface area contributed by atoms with Crippen LogP contribution in [0.2, 0.25) is 5.02 Å². The van der Waals surface area contributed by atoms with Crippen molar-refractivity contribution >= 4 is 41.2 Å². The smallest absolute Gasteiger partial charge is 0.343 e. The number of ketones is 1. The number of nitrogens with one attached hydrogen (secondary N) is 1. The number of amides is 1. The lowest BCUT2D eigenvalue weighted by Gasteiger charge is -2.29. The third-order valence-corrected chi connectivity index (χ3v) is 5.58. The van der Waals surface area contributed by atoms with Gasteiger partial charge in [0.05, 0.1) is 19.6 Å². The highest BCUT2D eigenvalue weighted by Gasteiger charge is 2.49. The Labute approximate surface area is 220 Å². The Hall–Kier alpha value is -3.72. The lowest BCUT2D eigenvalue weighted by Crippen LogP contribution is -2.61. The Balaban J connectivity index is 2.03. The van der Waals surface area contributed by atoms with Crippen molar-refractivity contribution in [3.8, 4) is 0 Å². The minimum Gasteiger partial charge on any atom is -0.464 e. The van der Waals surface area contributed by atoms with Gasteiger partial charge in [-0.15, -0.1) is 0 Å². The number of carbonyl (C=O) groups excluding carboxylic acids is 5. The second-order valence-corrected chi connectivity index (χ2v) is 8.55. The van der Waals surface area contributed by atoms with Crippen LogP contribution in [0.15, 0.2) is 48.5 Å². The van der Waals surface area contributed by atoms with Gasteiger partial charge in [-0.05, 0) is 49.9 Å². The second-order valence-electron chi connectivity index (χ2n) is 8.11. The second kappa shape index (κ2) is 14.1. The maximum atomic E-state index is 12.7. The summed E-state index contributed by atoms with van der Waals surface area (Å²) < 4.78 is 15.2. The standard InChI is InChI=1S/C27H30ClNO8/c1-4-35-25(33)27(29-18(3)30,26(34)36-5-2)15-14-19-6-10-21(11-7-19)23(31)17-37-24(32)16-20-8-12-22(28)13-9-20/h6-13H,4-5,14-17H2,1-3H3,(H,29,30). The van der Waals surface area contributed by atoms with Crippen LogP contribution < -0.4 is 5.32 Å². The van der Waals surface area contributed by atoms with Crippen molar-refractivity contribution in [2.75, 3.05) is 19.8 Å². The van der Waals surface area contributed by atoms with Crippen LogP contribution >= 0.6 is 11.6 Å². The van der Waals surface area contributed by atoms with Gasteiger partial charge in [0.2, 0.25) is 11.4 Å². The molecule has 10 heteroatoms. The van der Waals surface area contributed by atoms with Crippen LogP contribution in [0, 0.1) is 0 Å². The summed E-state index contributed by atoms with van der Waals surface area (Å²) in [5, 5.41) is 2.97. The number of hydrogen-bond donors (Lipinski definition) is 1. The SMILES string of the molecule is CCOC(=O)C(CCc1ccc(C(=O)COC(=O)Cc2ccc(Cl)cc2)cc1)(NC(C)=O)C(=O)OCC. The third-order valence-electron chi connectivity index (χ3n) is 5.33. The number of Topliss-reactive ketones (excluding diaryl/α,β-unsaturated/α-hetero) is 1. The summed E-state index contributed by atoms with van der Waals surface area (Å²) in [6, 6.07) is 13.1. The highest BCUT2D eigenvalue weighted by molar-refractivity contribution is 6.30. The van der Waals surface area contributed by atoms with E-state index in [4.69, 9.17) is 25.8 Å². The number of rotatable bonds is 13. The lowest BCUT2D eigenvalue weighted by molar-refractivity contribution is -0.168. The lowest BCUT2D eigenvalue weighted by atomic mass is 9.90. The van der Waals surface area contributed by atoms with Gasteiger partial charge in [0, 0.05) is 17.5 Å². The molecule has 0 unspecified atom stereocenters. The van der Waals surface area contributed by atoms with Gasteiger partial charge in [0.25, 0.3) is 0 Å². The van der Waals surface area contributed by atoms with Gasteiger partial charge in [-0.3, -0.25) is 14.4 Å². The van der Waals surface area contributed by atoms with Crippen molar-refractivity contribution in [3.63, 3.8) is 0 Å². The maximum absolute atomic E-state index is 12.7. The number of aryl methyl sites for hydroxylation is 1. The van der Waals surface area contributed by atoms with E-state index in [1.54, 1.807) is 62.4 Å². The van der Waals surface area contributed by atoms with Crippen LogP contribution in [0.25, 0.3) is 0 Å². The average Bonchev–Trinajstić information content (AvgIpc) is 2.86. The van der Waals surface area contributed by atoms with E-state index >= 15 is 0 Å². The van der Waals surface area contributed by atoms with Crippen molar-refractivity contribution in [1.82, 2.24) is 5.32 Å².